The van der Waals surface area contributed by atoms with E-state index in [2.05, 4.69) is 6.58 Å². The van der Waals surface area contributed by atoms with Gasteiger partial charge in [-0.1, -0.05) is 12.7 Å². The summed E-state index contributed by atoms with van der Waals surface area (Å²) in [5.41, 5.74) is -1.18. The lowest BCUT2D eigenvalue weighted by Gasteiger charge is -2.12. The number of carbonyl (C=O) groups is 1. The summed E-state index contributed by atoms with van der Waals surface area (Å²) in [7, 11) is 0. The Bertz CT molecular complexity index is 151. The standard InChI is InChI=1S/C7H10O2/c1-2-7(9)5-3-4-6(7)8/h2,9H,1,3-5H2. The normalized spacial score (nSPS) is 35.0. The van der Waals surface area contributed by atoms with Crippen LogP contribution in [0.1, 0.15) is 19.3 Å². The Kier molecular flexibility index (Phi) is 1.41. The molecule has 1 aliphatic carbocycles. The van der Waals surface area contributed by atoms with E-state index in [4.69, 9.17) is 0 Å². The Balaban J connectivity index is 2.78. The van der Waals surface area contributed by atoms with Crippen LogP contribution in [-0.2, 0) is 4.79 Å². The van der Waals surface area contributed by atoms with E-state index in [1.54, 1.807) is 0 Å². The van der Waals surface area contributed by atoms with Crippen LogP contribution in [0.15, 0.2) is 12.7 Å². The third kappa shape index (κ3) is 0.900. The molecule has 0 radical (unpaired) electrons. The largest absolute Gasteiger partial charge is 0.378 e. The number of Topliss-reactive ketones (excluding diaryl/α,β-unsaturated/α-hetero) is 1. The fourth-order valence-corrected chi connectivity index (χ4v) is 1.09. The first kappa shape index (κ1) is 6.49. The Labute approximate surface area is 54.2 Å². The summed E-state index contributed by atoms with van der Waals surface area (Å²) in [5, 5.41) is 9.30. The van der Waals surface area contributed by atoms with Crippen molar-refractivity contribution in [3.05, 3.63) is 12.7 Å². The lowest BCUT2D eigenvalue weighted by molar-refractivity contribution is -0.129. The van der Waals surface area contributed by atoms with Gasteiger partial charge in [-0.3, -0.25) is 4.79 Å². The highest BCUT2D eigenvalue weighted by molar-refractivity contribution is 5.90. The molecule has 2 heteroatoms. The Morgan fingerprint density at radius 1 is 1.78 bits per heavy atom. The molecule has 0 saturated heterocycles. The molecule has 0 aromatic rings. The second kappa shape index (κ2) is 1.95. The zero-order chi connectivity index (χ0) is 6.91. The third-order valence-electron chi connectivity index (χ3n) is 1.78. The monoisotopic (exact) mass is 126 g/mol. The minimum absolute atomic E-state index is 0.0856. The van der Waals surface area contributed by atoms with Gasteiger partial charge < -0.3 is 5.11 Å². The summed E-state index contributed by atoms with van der Waals surface area (Å²) in [4.78, 5) is 10.8. The molecule has 1 fully saturated rings. The van der Waals surface area contributed by atoms with Crippen molar-refractivity contribution in [1.29, 1.82) is 0 Å². The van der Waals surface area contributed by atoms with Crippen molar-refractivity contribution in [2.24, 2.45) is 0 Å². The van der Waals surface area contributed by atoms with Gasteiger partial charge in [-0.05, 0) is 12.8 Å². The molecule has 0 aromatic carbocycles. The van der Waals surface area contributed by atoms with Gasteiger partial charge in [0.1, 0.15) is 5.60 Å². The second-order valence-electron chi connectivity index (χ2n) is 2.41. The van der Waals surface area contributed by atoms with Crippen molar-refractivity contribution in [3.63, 3.8) is 0 Å². The first-order valence-electron chi connectivity index (χ1n) is 3.08. The number of hydrogen-bond acceptors (Lipinski definition) is 2. The second-order valence-corrected chi connectivity index (χ2v) is 2.41. The van der Waals surface area contributed by atoms with Gasteiger partial charge in [-0.25, -0.2) is 0 Å². The molecule has 0 amide bonds. The van der Waals surface area contributed by atoms with E-state index in [0.717, 1.165) is 6.42 Å². The predicted octanol–water partition coefficient (Wildman–Crippen LogP) is 0.656. The molecular formula is C7H10O2. The van der Waals surface area contributed by atoms with Crippen molar-refractivity contribution >= 4 is 5.78 Å². The topological polar surface area (TPSA) is 37.3 Å². The fraction of sp³-hybridized carbons (Fsp3) is 0.571. The summed E-state index contributed by atoms with van der Waals surface area (Å²) >= 11 is 0. The summed E-state index contributed by atoms with van der Waals surface area (Å²) in [6.07, 6.45) is 3.18. The molecule has 1 N–H and O–H groups in total. The van der Waals surface area contributed by atoms with Crippen molar-refractivity contribution in [1.82, 2.24) is 0 Å². The molecule has 1 atom stereocenters. The van der Waals surface area contributed by atoms with Crippen LogP contribution >= 0.6 is 0 Å². The van der Waals surface area contributed by atoms with Crippen molar-refractivity contribution < 1.29 is 9.90 Å². The van der Waals surface area contributed by atoms with Crippen LogP contribution < -0.4 is 0 Å². The van der Waals surface area contributed by atoms with E-state index in [-0.39, 0.29) is 5.78 Å². The molecule has 2 nitrogen and oxygen atoms in total. The van der Waals surface area contributed by atoms with Gasteiger partial charge in [0.05, 0.1) is 0 Å². The smallest absolute Gasteiger partial charge is 0.168 e. The van der Waals surface area contributed by atoms with Crippen molar-refractivity contribution in [2.75, 3.05) is 0 Å². The van der Waals surface area contributed by atoms with Gasteiger partial charge in [0.2, 0.25) is 0 Å². The molecule has 1 rings (SSSR count). The zero-order valence-electron chi connectivity index (χ0n) is 5.26. The number of rotatable bonds is 1. The van der Waals surface area contributed by atoms with E-state index in [1.807, 2.05) is 0 Å². The molecule has 0 spiro atoms. The summed E-state index contributed by atoms with van der Waals surface area (Å²) < 4.78 is 0. The molecule has 0 bridgehead atoms. The van der Waals surface area contributed by atoms with Crippen molar-refractivity contribution in [3.8, 4) is 0 Å². The molecule has 0 heterocycles. The van der Waals surface area contributed by atoms with Gasteiger partial charge in [0, 0.05) is 6.42 Å². The number of hydrogen-bond donors (Lipinski definition) is 1. The lowest BCUT2D eigenvalue weighted by Crippen LogP contribution is -2.29. The van der Waals surface area contributed by atoms with Gasteiger partial charge in [0.25, 0.3) is 0 Å². The maximum absolute atomic E-state index is 10.8. The SMILES string of the molecule is C=CC1(O)CCCC1=O. The molecule has 0 aliphatic heterocycles. The molecule has 50 valence electrons. The van der Waals surface area contributed by atoms with E-state index < -0.39 is 5.60 Å². The summed E-state index contributed by atoms with van der Waals surface area (Å²) in [6, 6.07) is 0. The van der Waals surface area contributed by atoms with Gasteiger partial charge in [0.15, 0.2) is 5.78 Å². The minimum Gasteiger partial charge on any atom is -0.378 e. The van der Waals surface area contributed by atoms with E-state index in [1.165, 1.54) is 6.08 Å². The van der Waals surface area contributed by atoms with Crippen LogP contribution in [0.2, 0.25) is 0 Å². The third-order valence-corrected chi connectivity index (χ3v) is 1.78. The molecule has 1 unspecified atom stereocenters. The molecule has 1 aliphatic rings. The summed E-state index contributed by atoms with van der Waals surface area (Å²) in [5.74, 6) is -0.0856. The van der Waals surface area contributed by atoms with Crippen LogP contribution in [0.3, 0.4) is 0 Å². The van der Waals surface area contributed by atoms with E-state index >= 15 is 0 Å². The van der Waals surface area contributed by atoms with Crippen LogP contribution in [0.5, 0.6) is 0 Å². The average molecular weight is 126 g/mol. The Morgan fingerprint density at radius 3 is 2.67 bits per heavy atom. The van der Waals surface area contributed by atoms with Gasteiger partial charge >= 0.3 is 0 Å². The number of ketones is 1. The maximum atomic E-state index is 10.8. The lowest BCUT2D eigenvalue weighted by atomic mass is 10.0. The Hall–Kier alpha value is -0.630. The first-order chi connectivity index (χ1) is 4.19. The highest BCUT2D eigenvalue weighted by Gasteiger charge is 2.36. The summed E-state index contributed by atoms with van der Waals surface area (Å²) in [6.45, 7) is 3.39. The highest BCUT2D eigenvalue weighted by Crippen LogP contribution is 2.26. The fourth-order valence-electron chi connectivity index (χ4n) is 1.09. The van der Waals surface area contributed by atoms with Crippen LogP contribution in [0.4, 0.5) is 0 Å². The average Bonchev–Trinajstić information content (AvgIpc) is 2.15. The predicted molar refractivity (Wildman–Crippen MR) is 34.0 cm³/mol. The molecule has 1 saturated carbocycles. The Morgan fingerprint density at radius 2 is 2.44 bits per heavy atom. The number of aliphatic hydroxyl groups is 1. The molecular weight excluding hydrogens is 116 g/mol. The highest BCUT2D eigenvalue weighted by atomic mass is 16.3. The van der Waals surface area contributed by atoms with Crippen LogP contribution in [0, 0.1) is 0 Å². The minimum atomic E-state index is -1.18. The van der Waals surface area contributed by atoms with E-state index in [0.29, 0.717) is 12.8 Å². The number of carbonyl (C=O) groups excluding carboxylic acids is 1. The van der Waals surface area contributed by atoms with Crippen LogP contribution in [0.25, 0.3) is 0 Å². The quantitative estimate of drug-likeness (QED) is 0.524. The first-order valence-corrected chi connectivity index (χ1v) is 3.08. The van der Waals surface area contributed by atoms with E-state index in [9.17, 15) is 9.90 Å². The molecule has 9 heavy (non-hydrogen) atoms. The molecule has 0 aromatic heterocycles. The van der Waals surface area contributed by atoms with Crippen molar-refractivity contribution in [2.45, 2.75) is 24.9 Å². The van der Waals surface area contributed by atoms with Crippen LogP contribution in [-0.4, -0.2) is 16.5 Å². The maximum Gasteiger partial charge on any atom is 0.168 e. The van der Waals surface area contributed by atoms with Gasteiger partial charge in [-0.2, -0.15) is 0 Å². The zero-order valence-corrected chi connectivity index (χ0v) is 5.26. The van der Waals surface area contributed by atoms with Gasteiger partial charge in [-0.15, -0.1) is 0 Å².